The highest BCUT2D eigenvalue weighted by Gasteiger charge is 2.35. The van der Waals surface area contributed by atoms with Crippen molar-refractivity contribution in [3.63, 3.8) is 0 Å². The van der Waals surface area contributed by atoms with Crippen LogP contribution in [0.3, 0.4) is 0 Å². The molecule has 1 aromatic carbocycles. The molecule has 0 bridgehead atoms. The lowest BCUT2D eigenvalue weighted by Gasteiger charge is -2.20. The van der Waals surface area contributed by atoms with E-state index in [9.17, 15) is 18.3 Å². The Bertz CT molecular complexity index is 378. The second-order valence-corrected chi connectivity index (χ2v) is 3.97. The van der Waals surface area contributed by atoms with Crippen LogP contribution < -0.4 is 4.74 Å². The van der Waals surface area contributed by atoms with Gasteiger partial charge in [0, 0.05) is 0 Å². The van der Waals surface area contributed by atoms with E-state index < -0.39 is 17.3 Å². The fourth-order valence-corrected chi connectivity index (χ4v) is 1.31. The molecule has 1 aromatic rings. The zero-order valence-electron chi connectivity index (χ0n) is 9.22. The van der Waals surface area contributed by atoms with E-state index in [4.69, 9.17) is 0 Å². The molecule has 0 amide bonds. The van der Waals surface area contributed by atoms with Gasteiger partial charge in [-0.05, 0) is 31.5 Å². The fraction of sp³-hybridized carbons (Fsp3) is 0.455. The Morgan fingerprint density at radius 1 is 1.19 bits per heavy atom. The molecule has 0 heterocycles. The second-order valence-electron chi connectivity index (χ2n) is 3.97. The molecular weight excluding hydrogens is 221 g/mol. The van der Waals surface area contributed by atoms with Crippen molar-refractivity contribution in [1.29, 1.82) is 0 Å². The topological polar surface area (TPSA) is 29.5 Å². The zero-order chi connectivity index (χ0) is 12.6. The molecule has 2 nitrogen and oxygen atoms in total. The number of hydrogen-bond acceptors (Lipinski definition) is 2. The Labute approximate surface area is 91.7 Å². The van der Waals surface area contributed by atoms with Crippen molar-refractivity contribution in [3.05, 3.63) is 29.3 Å². The molecule has 0 aliphatic heterocycles. The highest BCUT2D eigenvalue weighted by molar-refractivity contribution is 5.41. The minimum Gasteiger partial charge on any atom is -0.496 e. The molecule has 0 saturated heterocycles. The Kier molecular flexibility index (Phi) is 3.19. The summed E-state index contributed by atoms with van der Waals surface area (Å²) in [5.41, 5.74) is -1.67. The van der Waals surface area contributed by atoms with Gasteiger partial charge in [-0.15, -0.1) is 0 Å². The van der Waals surface area contributed by atoms with Gasteiger partial charge in [-0.1, -0.05) is 6.07 Å². The van der Waals surface area contributed by atoms with Gasteiger partial charge < -0.3 is 9.84 Å². The Hall–Kier alpha value is -1.23. The molecule has 1 N–H and O–H groups in total. The molecule has 0 atom stereocenters. The quantitative estimate of drug-likeness (QED) is 0.852. The van der Waals surface area contributed by atoms with Crippen LogP contribution in [0, 0.1) is 0 Å². The van der Waals surface area contributed by atoms with E-state index in [0.29, 0.717) is 5.56 Å². The van der Waals surface area contributed by atoms with Gasteiger partial charge in [0.1, 0.15) is 5.75 Å². The summed E-state index contributed by atoms with van der Waals surface area (Å²) < 4.78 is 42.2. The first-order chi connectivity index (χ1) is 7.16. The first-order valence-electron chi connectivity index (χ1n) is 4.64. The van der Waals surface area contributed by atoms with Crippen molar-refractivity contribution in [2.45, 2.75) is 25.6 Å². The van der Waals surface area contributed by atoms with Crippen molar-refractivity contribution < 1.29 is 23.0 Å². The zero-order valence-corrected chi connectivity index (χ0v) is 9.22. The molecule has 0 fully saturated rings. The molecule has 0 spiro atoms. The maximum absolute atomic E-state index is 12.5. The molecule has 90 valence electrons. The smallest absolute Gasteiger partial charge is 0.419 e. The largest absolute Gasteiger partial charge is 0.496 e. The van der Waals surface area contributed by atoms with Crippen molar-refractivity contribution in [1.82, 2.24) is 0 Å². The minimum absolute atomic E-state index is 0.285. The maximum Gasteiger partial charge on any atom is 0.419 e. The van der Waals surface area contributed by atoms with Gasteiger partial charge >= 0.3 is 6.18 Å². The molecular formula is C11H13F3O2. The van der Waals surface area contributed by atoms with Crippen LogP contribution >= 0.6 is 0 Å². The third kappa shape index (κ3) is 2.66. The third-order valence-corrected chi connectivity index (χ3v) is 2.21. The first kappa shape index (κ1) is 12.8. The van der Waals surface area contributed by atoms with E-state index in [2.05, 4.69) is 4.74 Å². The molecule has 0 unspecified atom stereocenters. The number of benzene rings is 1. The van der Waals surface area contributed by atoms with Crippen LogP contribution in [0.15, 0.2) is 18.2 Å². The molecule has 0 aromatic heterocycles. The molecule has 16 heavy (non-hydrogen) atoms. The van der Waals surface area contributed by atoms with E-state index in [-0.39, 0.29) is 5.75 Å². The molecule has 0 aliphatic rings. The molecule has 0 aliphatic carbocycles. The van der Waals surface area contributed by atoms with Gasteiger partial charge in [-0.3, -0.25) is 0 Å². The summed E-state index contributed by atoms with van der Waals surface area (Å²) in [6, 6.07) is 3.35. The van der Waals surface area contributed by atoms with Crippen molar-refractivity contribution in [3.8, 4) is 5.75 Å². The summed E-state index contributed by atoms with van der Waals surface area (Å²) >= 11 is 0. The molecule has 0 radical (unpaired) electrons. The van der Waals surface area contributed by atoms with Gasteiger partial charge in [0.2, 0.25) is 0 Å². The number of alkyl halides is 3. The SMILES string of the molecule is COc1cc(C(C)(C)O)ccc1C(F)(F)F. The van der Waals surface area contributed by atoms with E-state index in [1.807, 2.05) is 0 Å². The monoisotopic (exact) mass is 234 g/mol. The number of hydrogen-bond donors (Lipinski definition) is 1. The average Bonchev–Trinajstić information content (AvgIpc) is 2.14. The molecule has 1 rings (SSSR count). The van der Waals surface area contributed by atoms with Crippen molar-refractivity contribution in [2.75, 3.05) is 7.11 Å². The first-order valence-corrected chi connectivity index (χ1v) is 4.64. The van der Waals surface area contributed by atoms with Crippen molar-refractivity contribution in [2.24, 2.45) is 0 Å². The Balaban J connectivity index is 3.28. The summed E-state index contributed by atoms with van der Waals surface area (Å²) in [5.74, 6) is -0.285. The van der Waals surface area contributed by atoms with Crippen LogP contribution in [0.1, 0.15) is 25.0 Å². The van der Waals surface area contributed by atoms with E-state index in [0.717, 1.165) is 6.07 Å². The van der Waals surface area contributed by atoms with Crippen LogP contribution in [-0.4, -0.2) is 12.2 Å². The maximum atomic E-state index is 12.5. The summed E-state index contributed by atoms with van der Waals surface area (Å²) in [4.78, 5) is 0. The normalized spacial score (nSPS) is 12.7. The number of ether oxygens (including phenoxy) is 1. The van der Waals surface area contributed by atoms with E-state index >= 15 is 0 Å². The van der Waals surface area contributed by atoms with Crippen LogP contribution in [0.2, 0.25) is 0 Å². The summed E-state index contributed by atoms with van der Waals surface area (Å²) in [7, 11) is 1.17. The lowest BCUT2D eigenvalue weighted by molar-refractivity contribution is -0.138. The fourth-order valence-electron chi connectivity index (χ4n) is 1.31. The van der Waals surface area contributed by atoms with Gasteiger partial charge in [-0.2, -0.15) is 13.2 Å². The molecule has 5 heteroatoms. The van der Waals surface area contributed by atoms with Gasteiger partial charge in [0.05, 0.1) is 18.3 Å². The molecule has 0 saturated carbocycles. The Morgan fingerprint density at radius 3 is 2.12 bits per heavy atom. The van der Waals surface area contributed by atoms with Crippen LogP contribution in [0.5, 0.6) is 5.75 Å². The minimum atomic E-state index is -4.45. The van der Waals surface area contributed by atoms with Crippen molar-refractivity contribution >= 4 is 0 Å². The summed E-state index contributed by atoms with van der Waals surface area (Å²) in [5, 5.41) is 9.67. The van der Waals surface area contributed by atoms with Crippen LogP contribution in [-0.2, 0) is 11.8 Å². The summed E-state index contributed by atoms with van der Waals surface area (Å²) in [6.07, 6.45) is -4.45. The third-order valence-electron chi connectivity index (χ3n) is 2.21. The average molecular weight is 234 g/mol. The van der Waals surface area contributed by atoms with Gasteiger partial charge in [0.15, 0.2) is 0 Å². The van der Waals surface area contributed by atoms with Gasteiger partial charge in [0.25, 0.3) is 0 Å². The Morgan fingerprint density at radius 2 is 1.75 bits per heavy atom. The number of halogens is 3. The number of methoxy groups -OCH3 is 1. The van der Waals surface area contributed by atoms with Crippen LogP contribution in [0.25, 0.3) is 0 Å². The lowest BCUT2D eigenvalue weighted by Crippen LogP contribution is -2.16. The summed E-state index contributed by atoms with van der Waals surface area (Å²) in [6.45, 7) is 2.99. The number of aliphatic hydroxyl groups is 1. The van der Waals surface area contributed by atoms with Gasteiger partial charge in [-0.25, -0.2) is 0 Å². The van der Waals surface area contributed by atoms with E-state index in [1.165, 1.54) is 33.1 Å². The number of rotatable bonds is 2. The van der Waals surface area contributed by atoms with Crippen LogP contribution in [0.4, 0.5) is 13.2 Å². The lowest BCUT2D eigenvalue weighted by atomic mass is 9.96. The highest BCUT2D eigenvalue weighted by Crippen LogP contribution is 2.38. The highest BCUT2D eigenvalue weighted by atomic mass is 19.4. The predicted molar refractivity (Wildman–Crippen MR) is 53.2 cm³/mol. The standard InChI is InChI=1S/C11H13F3O2/c1-10(2,15)7-4-5-8(11(12,13)14)9(6-7)16-3/h4-6,15H,1-3H3. The van der Waals surface area contributed by atoms with E-state index in [1.54, 1.807) is 0 Å². The predicted octanol–water partition coefficient (Wildman–Crippen LogP) is 2.94. The second kappa shape index (κ2) is 3.97.